The Morgan fingerprint density at radius 2 is 1.90 bits per heavy atom. The number of carbonyl (C=O) groups is 3. The Hall–Kier alpha value is -2.26. The van der Waals surface area contributed by atoms with Gasteiger partial charge in [0.05, 0.1) is 5.69 Å². The van der Waals surface area contributed by atoms with Crippen LogP contribution >= 0.6 is 22.7 Å². The molecule has 3 N–H and O–H groups in total. The minimum absolute atomic E-state index is 0.0677. The van der Waals surface area contributed by atoms with Crippen LogP contribution in [0.5, 0.6) is 0 Å². The fourth-order valence-electron chi connectivity index (χ4n) is 1.52. The highest BCUT2D eigenvalue weighted by Crippen LogP contribution is 2.28. The van der Waals surface area contributed by atoms with Crippen molar-refractivity contribution in [2.45, 2.75) is 13.8 Å². The van der Waals surface area contributed by atoms with Crippen LogP contribution < -0.4 is 10.6 Å². The first kappa shape index (κ1) is 15.1. The normalized spacial score (nSPS) is 10.2. The van der Waals surface area contributed by atoms with Crippen LogP contribution in [-0.4, -0.2) is 27.9 Å². The molecule has 2 aromatic heterocycles. The lowest BCUT2D eigenvalue weighted by atomic mass is 10.2. The van der Waals surface area contributed by atoms with Crippen LogP contribution in [0.25, 0.3) is 0 Å². The molecule has 0 fully saturated rings. The molecule has 0 aliphatic carbocycles. The number of nitrogens with one attached hydrogen (secondary N) is 2. The number of anilines is 2. The zero-order valence-corrected chi connectivity index (χ0v) is 12.7. The predicted molar refractivity (Wildman–Crippen MR) is 80.4 cm³/mol. The van der Waals surface area contributed by atoms with Gasteiger partial charge >= 0.3 is 5.97 Å². The molecular formula is C12H11N3O4S2. The van der Waals surface area contributed by atoms with Crippen molar-refractivity contribution in [1.82, 2.24) is 4.98 Å². The number of thiazole rings is 1. The Balaban J connectivity index is 2.18. The summed E-state index contributed by atoms with van der Waals surface area (Å²) in [5.74, 6) is -1.90. The second-order valence-electron chi connectivity index (χ2n) is 4.10. The topological polar surface area (TPSA) is 108 Å². The number of rotatable bonds is 4. The first-order chi connectivity index (χ1) is 9.88. The monoisotopic (exact) mass is 325 g/mol. The number of hydrogen-bond donors (Lipinski definition) is 3. The number of carboxylic acid groups (broad SMARTS) is 1. The van der Waals surface area contributed by atoms with Gasteiger partial charge in [0.25, 0.3) is 5.91 Å². The first-order valence-corrected chi connectivity index (χ1v) is 7.50. The zero-order chi connectivity index (χ0) is 15.6. The molecule has 0 saturated heterocycles. The molecule has 0 aliphatic heterocycles. The number of hydrogen-bond acceptors (Lipinski definition) is 6. The van der Waals surface area contributed by atoms with Crippen LogP contribution in [0, 0.1) is 6.92 Å². The van der Waals surface area contributed by atoms with Crippen molar-refractivity contribution < 1.29 is 19.5 Å². The van der Waals surface area contributed by atoms with Gasteiger partial charge in [0.15, 0.2) is 5.13 Å². The summed E-state index contributed by atoms with van der Waals surface area (Å²) < 4.78 is 0. The molecule has 2 amide bonds. The van der Waals surface area contributed by atoms with E-state index in [1.807, 2.05) is 0 Å². The molecule has 21 heavy (non-hydrogen) atoms. The summed E-state index contributed by atoms with van der Waals surface area (Å²) in [6.07, 6.45) is 0. The first-order valence-electron chi connectivity index (χ1n) is 5.74. The van der Waals surface area contributed by atoms with Crippen LogP contribution in [0.1, 0.15) is 32.6 Å². The Kier molecular flexibility index (Phi) is 4.34. The summed E-state index contributed by atoms with van der Waals surface area (Å²) in [6, 6.07) is 0. The van der Waals surface area contributed by atoms with E-state index < -0.39 is 11.9 Å². The standard InChI is InChI=1S/C12H11N3O4S2/c1-5-3-20-9(11(18)19)8(5)15-10(17)7-4-21-12(14-7)13-6(2)16/h3-4H,1-2H3,(H,15,17)(H,18,19)(H,13,14,16). The molecule has 7 nitrogen and oxygen atoms in total. The van der Waals surface area contributed by atoms with Gasteiger partial charge in [0, 0.05) is 12.3 Å². The lowest BCUT2D eigenvalue weighted by Crippen LogP contribution is -2.15. The summed E-state index contributed by atoms with van der Waals surface area (Å²) in [5.41, 5.74) is 1.06. The van der Waals surface area contributed by atoms with Crippen molar-refractivity contribution in [1.29, 1.82) is 0 Å². The van der Waals surface area contributed by atoms with Gasteiger partial charge in [-0.15, -0.1) is 22.7 Å². The molecule has 110 valence electrons. The van der Waals surface area contributed by atoms with Gasteiger partial charge in [0.2, 0.25) is 5.91 Å². The van der Waals surface area contributed by atoms with Gasteiger partial charge < -0.3 is 15.7 Å². The second kappa shape index (κ2) is 6.02. The Morgan fingerprint density at radius 3 is 2.52 bits per heavy atom. The highest BCUT2D eigenvalue weighted by atomic mass is 32.1. The average molecular weight is 325 g/mol. The molecule has 0 spiro atoms. The van der Waals surface area contributed by atoms with Crippen LogP contribution in [0.15, 0.2) is 10.8 Å². The number of amides is 2. The smallest absolute Gasteiger partial charge is 0.348 e. The highest BCUT2D eigenvalue weighted by Gasteiger charge is 2.19. The minimum Gasteiger partial charge on any atom is -0.477 e. The van der Waals surface area contributed by atoms with Crippen molar-refractivity contribution in [3.63, 3.8) is 0 Å². The number of carbonyl (C=O) groups excluding carboxylic acids is 2. The van der Waals surface area contributed by atoms with Crippen molar-refractivity contribution in [2.24, 2.45) is 0 Å². The maximum atomic E-state index is 12.1. The molecule has 0 radical (unpaired) electrons. The molecule has 9 heteroatoms. The zero-order valence-electron chi connectivity index (χ0n) is 11.1. The minimum atomic E-state index is -1.10. The number of aromatic nitrogens is 1. The Morgan fingerprint density at radius 1 is 1.19 bits per heavy atom. The fourth-order valence-corrected chi connectivity index (χ4v) is 3.10. The summed E-state index contributed by atoms with van der Waals surface area (Å²) >= 11 is 2.16. The highest BCUT2D eigenvalue weighted by molar-refractivity contribution is 7.14. The van der Waals surface area contributed by atoms with Crippen LogP contribution in [-0.2, 0) is 4.79 Å². The summed E-state index contributed by atoms with van der Waals surface area (Å²) in [6.45, 7) is 3.05. The Labute approximate surface area is 127 Å². The van der Waals surface area contributed by atoms with Crippen molar-refractivity contribution >= 4 is 51.3 Å². The average Bonchev–Trinajstić information content (AvgIpc) is 2.97. The summed E-state index contributed by atoms with van der Waals surface area (Å²) in [4.78, 5) is 38.1. The van der Waals surface area contributed by atoms with E-state index in [1.54, 1.807) is 12.3 Å². The number of aryl methyl sites for hydroxylation is 1. The van der Waals surface area contributed by atoms with Gasteiger partial charge in [-0.25, -0.2) is 9.78 Å². The van der Waals surface area contributed by atoms with E-state index in [9.17, 15) is 14.4 Å². The van der Waals surface area contributed by atoms with Crippen LogP contribution in [0.3, 0.4) is 0 Å². The lowest BCUT2D eigenvalue weighted by molar-refractivity contribution is -0.114. The van der Waals surface area contributed by atoms with E-state index in [-0.39, 0.29) is 22.2 Å². The number of carboxylic acids is 1. The summed E-state index contributed by atoms with van der Waals surface area (Å²) in [5, 5.41) is 17.5. The van der Waals surface area contributed by atoms with Gasteiger partial charge in [0.1, 0.15) is 10.6 Å². The number of thiophene rings is 1. The molecule has 0 saturated carbocycles. The molecule has 2 heterocycles. The third-order valence-corrected chi connectivity index (χ3v) is 4.27. The SMILES string of the molecule is CC(=O)Nc1nc(C(=O)Nc2c(C)csc2C(=O)O)cs1. The predicted octanol–water partition coefficient (Wildman–Crippen LogP) is 2.42. The van der Waals surface area contributed by atoms with E-state index in [0.717, 1.165) is 22.7 Å². The number of aromatic carboxylic acids is 1. The third kappa shape index (κ3) is 3.44. The molecule has 0 bridgehead atoms. The fraction of sp³-hybridized carbons (Fsp3) is 0.167. The van der Waals surface area contributed by atoms with E-state index >= 15 is 0 Å². The second-order valence-corrected chi connectivity index (χ2v) is 5.84. The van der Waals surface area contributed by atoms with Gasteiger partial charge in [-0.05, 0) is 17.9 Å². The molecule has 2 aromatic rings. The van der Waals surface area contributed by atoms with E-state index in [0.29, 0.717) is 10.7 Å². The van der Waals surface area contributed by atoms with Crippen molar-refractivity contribution in [3.05, 3.63) is 26.9 Å². The Bertz CT molecular complexity index is 720. The third-order valence-electron chi connectivity index (χ3n) is 2.43. The molecular weight excluding hydrogens is 314 g/mol. The van der Waals surface area contributed by atoms with Crippen molar-refractivity contribution in [2.75, 3.05) is 10.6 Å². The molecule has 2 rings (SSSR count). The molecule has 0 atom stereocenters. The number of nitrogens with zero attached hydrogens (tertiary/aromatic N) is 1. The largest absolute Gasteiger partial charge is 0.477 e. The maximum Gasteiger partial charge on any atom is 0.348 e. The summed E-state index contributed by atoms with van der Waals surface area (Å²) in [7, 11) is 0. The van der Waals surface area contributed by atoms with Crippen LogP contribution in [0.4, 0.5) is 10.8 Å². The molecule has 0 aromatic carbocycles. The van der Waals surface area contributed by atoms with E-state index in [2.05, 4.69) is 15.6 Å². The van der Waals surface area contributed by atoms with Gasteiger partial charge in [-0.2, -0.15) is 0 Å². The molecule has 0 aliphatic rings. The molecule has 0 unspecified atom stereocenters. The lowest BCUT2D eigenvalue weighted by Gasteiger charge is -2.04. The van der Waals surface area contributed by atoms with E-state index in [1.165, 1.54) is 12.3 Å². The van der Waals surface area contributed by atoms with Crippen molar-refractivity contribution in [3.8, 4) is 0 Å². The van der Waals surface area contributed by atoms with Gasteiger partial charge in [-0.1, -0.05) is 0 Å². The quantitative estimate of drug-likeness (QED) is 0.800. The van der Waals surface area contributed by atoms with Gasteiger partial charge in [-0.3, -0.25) is 9.59 Å². The van der Waals surface area contributed by atoms with E-state index in [4.69, 9.17) is 5.11 Å². The maximum absolute atomic E-state index is 12.1. The van der Waals surface area contributed by atoms with Crippen LogP contribution in [0.2, 0.25) is 0 Å².